The van der Waals surface area contributed by atoms with Gasteiger partial charge in [-0.25, -0.2) is 0 Å². The molecule has 76 valence electrons. The van der Waals surface area contributed by atoms with Gasteiger partial charge in [0.2, 0.25) is 0 Å². The van der Waals surface area contributed by atoms with Gasteiger partial charge in [-0.05, 0) is 44.2 Å². The molecule has 0 aliphatic carbocycles. The van der Waals surface area contributed by atoms with Gasteiger partial charge in [0.1, 0.15) is 0 Å². The smallest absolute Gasteiger partial charge is 0.00414 e. The van der Waals surface area contributed by atoms with Gasteiger partial charge >= 0.3 is 0 Å². The second kappa shape index (κ2) is 4.61. The van der Waals surface area contributed by atoms with Crippen molar-refractivity contribution in [1.82, 2.24) is 5.32 Å². The summed E-state index contributed by atoms with van der Waals surface area (Å²) >= 11 is 0. The first-order valence-corrected chi connectivity index (χ1v) is 5.62. The van der Waals surface area contributed by atoms with Crippen LogP contribution in [0.25, 0.3) is 0 Å². The quantitative estimate of drug-likeness (QED) is 0.754. The second-order valence-corrected chi connectivity index (χ2v) is 4.44. The Hall–Kier alpha value is -0.820. The highest BCUT2D eigenvalue weighted by Gasteiger charge is 2.17. The number of benzene rings is 1. The number of piperidine rings is 1. The van der Waals surface area contributed by atoms with E-state index in [1.807, 2.05) is 0 Å². The number of nitrogens with one attached hydrogen (secondary N) is 1. The molecule has 14 heavy (non-hydrogen) atoms. The van der Waals surface area contributed by atoms with E-state index in [2.05, 4.69) is 42.6 Å². The normalized spacial score (nSPS) is 27.5. The Bertz CT molecular complexity index is 268. The predicted octanol–water partition coefficient (Wildman–Crippen LogP) is 2.62. The molecule has 1 aliphatic heterocycles. The lowest BCUT2D eigenvalue weighted by Crippen LogP contribution is -2.36. The summed E-state index contributed by atoms with van der Waals surface area (Å²) in [7, 11) is 0. The van der Waals surface area contributed by atoms with Crippen LogP contribution < -0.4 is 5.32 Å². The van der Waals surface area contributed by atoms with Crippen LogP contribution in [0.3, 0.4) is 0 Å². The van der Waals surface area contributed by atoms with Gasteiger partial charge in [-0.3, -0.25) is 0 Å². The molecule has 0 radical (unpaired) electrons. The van der Waals surface area contributed by atoms with Crippen molar-refractivity contribution in [3.63, 3.8) is 0 Å². The van der Waals surface area contributed by atoms with E-state index in [1.54, 1.807) is 0 Å². The molecule has 1 fully saturated rings. The van der Waals surface area contributed by atoms with E-state index in [0.717, 1.165) is 5.92 Å². The van der Waals surface area contributed by atoms with Gasteiger partial charge in [0.05, 0.1) is 0 Å². The second-order valence-electron chi connectivity index (χ2n) is 4.44. The summed E-state index contributed by atoms with van der Waals surface area (Å²) in [4.78, 5) is 0. The van der Waals surface area contributed by atoms with Gasteiger partial charge in [0.25, 0.3) is 0 Å². The molecule has 1 heterocycles. The minimum atomic E-state index is 0.706. The lowest BCUT2D eigenvalue weighted by Gasteiger charge is -2.28. The molecule has 0 amide bonds. The molecule has 1 saturated heterocycles. The third-order valence-electron chi connectivity index (χ3n) is 3.10. The van der Waals surface area contributed by atoms with E-state index < -0.39 is 0 Å². The van der Waals surface area contributed by atoms with Crippen LogP contribution in [0.2, 0.25) is 0 Å². The van der Waals surface area contributed by atoms with Crippen LogP contribution in [-0.2, 0) is 6.42 Å². The van der Waals surface area contributed by atoms with Crippen molar-refractivity contribution in [2.24, 2.45) is 5.92 Å². The standard InChI is InChI=1S/C13H19N/c1-11-9-13(7-8-14-11)10-12-5-3-2-4-6-12/h2-6,11,13-14H,7-10H2,1H3/t11-,13-/m0/s1. The third kappa shape index (κ3) is 2.58. The van der Waals surface area contributed by atoms with E-state index in [1.165, 1.54) is 31.4 Å². The minimum Gasteiger partial charge on any atom is -0.314 e. The zero-order valence-electron chi connectivity index (χ0n) is 8.87. The van der Waals surface area contributed by atoms with Crippen LogP contribution in [0.15, 0.2) is 30.3 Å². The highest BCUT2D eigenvalue weighted by Crippen LogP contribution is 2.20. The Labute approximate surface area is 86.5 Å². The molecule has 0 spiro atoms. The molecule has 0 unspecified atom stereocenters. The lowest BCUT2D eigenvalue weighted by molar-refractivity contribution is 0.314. The molecular formula is C13H19N. The van der Waals surface area contributed by atoms with E-state index in [4.69, 9.17) is 0 Å². The zero-order chi connectivity index (χ0) is 9.80. The average Bonchev–Trinajstić information content (AvgIpc) is 2.19. The predicted molar refractivity (Wildman–Crippen MR) is 60.3 cm³/mol. The lowest BCUT2D eigenvalue weighted by atomic mass is 9.88. The zero-order valence-corrected chi connectivity index (χ0v) is 8.87. The molecule has 1 N–H and O–H groups in total. The van der Waals surface area contributed by atoms with Crippen LogP contribution in [0.1, 0.15) is 25.3 Å². The maximum absolute atomic E-state index is 3.50. The maximum atomic E-state index is 3.50. The Balaban J connectivity index is 1.91. The first-order valence-electron chi connectivity index (χ1n) is 5.62. The molecular weight excluding hydrogens is 170 g/mol. The molecule has 2 atom stereocenters. The molecule has 0 bridgehead atoms. The minimum absolute atomic E-state index is 0.706. The van der Waals surface area contributed by atoms with Crippen molar-refractivity contribution in [2.75, 3.05) is 6.54 Å². The molecule has 1 heteroatoms. The fraction of sp³-hybridized carbons (Fsp3) is 0.538. The SMILES string of the molecule is C[C@H]1C[C@@H](Cc2ccccc2)CCN1. The summed E-state index contributed by atoms with van der Waals surface area (Å²) in [6.07, 6.45) is 3.92. The summed E-state index contributed by atoms with van der Waals surface area (Å²) in [6.45, 7) is 3.48. The van der Waals surface area contributed by atoms with Crippen LogP contribution in [0.5, 0.6) is 0 Å². The van der Waals surface area contributed by atoms with Crippen molar-refractivity contribution >= 4 is 0 Å². The first-order chi connectivity index (χ1) is 6.84. The average molecular weight is 189 g/mol. The third-order valence-corrected chi connectivity index (χ3v) is 3.10. The van der Waals surface area contributed by atoms with Gasteiger partial charge in [-0.1, -0.05) is 30.3 Å². The van der Waals surface area contributed by atoms with Crippen LogP contribution in [-0.4, -0.2) is 12.6 Å². The maximum Gasteiger partial charge on any atom is 0.00414 e. The van der Waals surface area contributed by atoms with Crippen LogP contribution >= 0.6 is 0 Å². The van der Waals surface area contributed by atoms with Crippen LogP contribution in [0.4, 0.5) is 0 Å². The van der Waals surface area contributed by atoms with E-state index >= 15 is 0 Å². The molecule has 0 saturated carbocycles. The van der Waals surface area contributed by atoms with Gasteiger partial charge in [0.15, 0.2) is 0 Å². The molecule has 1 aliphatic rings. The molecule has 1 aromatic carbocycles. The fourth-order valence-corrected chi connectivity index (χ4v) is 2.37. The number of hydrogen-bond acceptors (Lipinski definition) is 1. The number of rotatable bonds is 2. The molecule has 0 aromatic heterocycles. The van der Waals surface area contributed by atoms with Crippen molar-refractivity contribution in [3.05, 3.63) is 35.9 Å². The molecule has 1 aromatic rings. The van der Waals surface area contributed by atoms with Gasteiger partial charge in [-0.2, -0.15) is 0 Å². The van der Waals surface area contributed by atoms with Crippen molar-refractivity contribution in [3.8, 4) is 0 Å². The molecule has 2 rings (SSSR count). The Morgan fingerprint density at radius 3 is 2.79 bits per heavy atom. The van der Waals surface area contributed by atoms with E-state index in [0.29, 0.717) is 6.04 Å². The summed E-state index contributed by atoms with van der Waals surface area (Å²) in [5, 5.41) is 3.50. The van der Waals surface area contributed by atoms with Crippen LogP contribution in [0, 0.1) is 5.92 Å². The monoisotopic (exact) mass is 189 g/mol. The first kappa shape index (κ1) is 9.72. The topological polar surface area (TPSA) is 12.0 Å². The summed E-state index contributed by atoms with van der Waals surface area (Å²) < 4.78 is 0. The van der Waals surface area contributed by atoms with Crippen molar-refractivity contribution in [1.29, 1.82) is 0 Å². The summed E-state index contributed by atoms with van der Waals surface area (Å²) in [6, 6.07) is 11.6. The summed E-state index contributed by atoms with van der Waals surface area (Å²) in [5.74, 6) is 0.883. The summed E-state index contributed by atoms with van der Waals surface area (Å²) in [5.41, 5.74) is 1.49. The van der Waals surface area contributed by atoms with Crippen molar-refractivity contribution < 1.29 is 0 Å². The van der Waals surface area contributed by atoms with E-state index in [9.17, 15) is 0 Å². The molecule has 1 nitrogen and oxygen atoms in total. The highest BCUT2D eigenvalue weighted by atomic mass is 14.9. The Morgan fingerprint density at radius 1 is 1.29 bits per heavy atom. The van der Waals surface area contributed by atoms with Crippen molar-refractivity contribution in [2.45, 2.75) is 32.2 Å². The van der Waals surface area contributed by atoms with Gasteiger partial charge in [0, 0.05) is 6.04 Å². The Kier molecular flexibility index (Phi) is 3.20. The number of hydrogen-bond donors (Lipinski definition) is 1. The highest BCUT2D eigenvalue weighted by molar-refractivity contribution is 5.15. The Morgan fingerprint density at radius 2 is 2.07 bits per heavy atom. The van der Waals surface area contributed by atoms with Gasteiger partial charge < -0.3 is 5.32 Å². The van der Waals surface area contributed by atoms with E-state index in [-0.39, 0.29) is 0 Å². The fourth-order valence-electron chi connectivity index (χ4n) is 2.37. The largest absolute Gasteiger partial charge is 0.314 e. The van der Waals surface area contributed by atoms with Gasteiger partial charge in [-0.15, -0.1) is 0 Å².